The zero-order chi connectivity index (χ0) is 13.7. The van der Waals surface area contributed by atoms with Gasteiger partial charge in [0.2, 0.25) is 0 Å². The number of benzene rings is 1. The van der Waals surface area contributed by atoms with Gasteiger partial charge in [0.25, 0.3) is 5.91 Å². The molecule has 0 saturated heterocycles. The van der Waals surface area contributed by atoms with Gasteiger partial charge in [0.1, 0.15) is 0 Å². The molecule has 0 aliphatic carbocycles. The lowest BCUT2D eigenvalue weighted by molar-refractivity contribution is 0.0923. The molecule has 4 nitrogen and oxygen atoms in total. The van der Waals surface area contributed by atoms with Crippen molar-refractivity contribution in [3.63, 3.8) is 0 Å². The Balaban J connectivity index is 1.79. The van der Waals surface area contributed by atoms with Crippen molar-refractivity contribution in [3.05, 3.63) is 58.5 Å². The lowest BCUT2D eigenvalue weighted by Crippen LogP contribution is -2.26. The van der Waals surface area contributed by atoms with Crippen molar-refractivity contribution >= 4 is 21.8 Å². The molecule has 0 spiro atoms. The van der Waals surface area contributed by atoms with Crippen molar-refractivity contribution in [2.45, 2.75) is 12.5 Å². The fraction of sp³-hybridized carbons (Fsp3) is 0.214. The van der Waals surface area contributed by atoms with Gasteiger partial charge in [-0.3, -0.25) is 4.79 Å². The van der Waals surface area contributed by atoms with Gasteiger partial charge < -0.3 is 15.5 Å². The summed E-state index contributed by atoms with van der Waals surface area (Å²) in [6.45, 7) is 0.507. The molecule has 2 rings (SSSR count). The molecule has 0 aliphatic heterocycles. The van der Waals surface area contributed by atoms with Crippen LogP contribution in [0.25, 0.3) is 0 Å². The Labute approximate surface area is 120 Å². The van der Waals surface area contributed by atoms with Crippen molar-refractivity contribution in [3.8, 4) is 0 Å². The summed E-state index contributed by atoms with van der Waals surface area (Å²) in [4.78, 5) is 11.7. The average Bonchev–Trinajstić information content (AvgIpc) is 2.86. The monoisotopic (exact) mass is 322 g/mol. The first-order valence-corrected chi connectivity index (χ1v) is 6.80. The summed E-state index contributed by atoms with van der Waals surface area (Å²) in [5, 5.41) is 2.78. The minimum absolute atomic E-state index is 0.0789. The van der Waals surface area contributed by atoms with E-state index in [2.05, 4.69) is 21.2 Å². The first-order chi connectivity index (χ1) is 9.16. The molecule has 1 amide bonds. The molecular formula is C14H15BrN2O2. The predicted octanol–water partition coefficient (Wildman–Crippen LogP) is 2.86. The molecule has 1 heterocycles. The van der Waals surface area contributed by atoms with Gasteiger partial charge in [0, 0.05) is 12.6 Å². The van der Waals surface area contributed by atoms with Crippen molar-refractivity contribution in [2.24, 2.45) is 5.73 Å². The van der Waals surface area contributed by atoms with Crippen LogP contribution in [0, 0.1) is 0 Å². The fourth-order valence-corrected chi connectivity index (χ4v) is 2.04. The molecule has 1 atom stereocenters. The third kappa shape index (κ3) is 3.94. The highest BCUT2D eigenvalue weighted by atomic mass is 79.9. The summed E-state index contributed by atoms with van der Waals surface area (Å²) >= 11 is 3.16. The molecule has 5 heteroatoms. The molecule has 1 aromatic carbocycles. The highest BCUT2D eigenvalue weighted by molar-refractivity contribution is 9.10. The number of carbonyl (C=O) groups excluding carboxylic acids is 1. The largest absolute Gasteiger partial charge is 0.444 e. The second-order valence-corrected chi connectivity index (χ2v) is 4.95. The molecule has 3 N–H and O–H groups in total. The SMILES string of the molecule is NC(CCNC(=O)c1ccc(Br)o1)c1ccccc1. The summed E-state index contributed by atoms with van der Waals surface area (Å²) in [5.74, 6) is 0.0612. The molecule has 1 unspecified atom stereocenters. The van der Waals surface area contributed by atoms with E-state index in [0.717, 1.165) is 5.56 Å². The van der Waals surface area contributed by atoms with E-state index in [4.69, 9.17) is 10.2 Å². The van der Waals surface area contributed by atoms with Crippen molar-refractivity contribution in [1.29, 1.82) is 0 Å². The highest BCUT2D eigenvalue weighted by Crippen LogP contribution is 2.14. The molecule has 1 aromatic heterocycles. The van der Waals surface area contributed by atoms with Crippen LogP contribution in [0.15, 0.2) is 51.6 Å². The second kappa shape index (κ2) is 6.54. The van der Waals surface area contributed by atoms with E-state index in [0.29, 0.717) is 23.4 Å². The third-order valence-electron chi connectivity index (χ3n) is 2.77. The molecule has 0 aliphatic rings. The minimum Gasteiger partial charge on any atom is -0.444 e. The number of hydrogen-bond donors (Lipinski definition) is 2. The van der Waals surface area contributed by atoms with Crippen LogP contribution >= 0.6 is 15.9 Å². The zero-order valence-electron chi connectivity index (χ0n) is 10.3. The van der Waals surface area contributed by atoms with Crippen LogP contribution in [0.2, 0.25) is 0 Å². The van der Waals surface area contributed by atoms with Gasteiger partial charge in [-0.25, -0.2) is 0 Å². The smallest absolute Gasteiger partial charge is 0.287 e. The van der Waals surface area contributed by atoms with Gasteiger partial charge in [-0.05, 0) is 40.0 Å². The van der Waals surface area contributed by atoms with Gasteiger partial charge in [0.05, 0.1) is 0 Å². The van der Waals surface area contributed by atoms with Crippen LogP contribution in [-0.2, 0) is 0 Å². The Morgan fingerprint density at radius 3 is 2.63 bits per heavy atom. The second-order valence-electron chi connectivity index (χ2n) is 4.17. The third-order valence-corrected chi connectivity index (χ3v) is 3.19. The van der Waals surface area contributed by atoms with Crippen LogP contribution in [-0.4, -0.2) is 12.5 Å². The van der Waals surface area contributed by atoms with Gasteiger partial charge >= 0.3 is 0 Å². The van der Waals surface area contributed by atoms with Crippen LogP contribution in [0.5, 0.6) is 0 Å². The van der Waals surface area contributed by atoms with E-state index < -0.39 is 0 Å². The van der Waals surface area contributed by atoms with Crippen LogP contribution in [0.4, 0.5) is 0 Å². The lowest BCUT2D eigenvalue weighted by atomic mass is 10.1. The summed E-state index contributed by atoms with van der Waals surface area (Å²) in [5.41, 5.74) is 7.11. The topological polar surface area (TPSA) is 68.3 Å². The lowest BCUT2D eigenvalue weighted by Gasteiger charge is -2.12. The molecule has 19 heavy (non-hydrogen) atoms. The Morgan fingerprint density at radius 2 is 2.00 bits per heavy atom. The summed E-state index contributed by atoms with van der Waals surface area (Å²) in [6, 6.07) is 13.0. The number of halogens is 1. The summed E-state index contributed by atoms with van der Waals surface area (Å²) in [7, 11) is 0. The first-order valence-electron chi connectivity index (χ1n) is 6.01. The van der Waals surface area contributed by atoms with Crippen molar-refractivity contribution in [1.82, 2.24) is 5.32 Å². The van der Waals surface area contributed by atoms with Crippen molar-refractivity contribution < 1.29 is 9.21 Å². The van der Waals surface area contributed by atoms with Gasteiger partial charge in [-0.2, -0.15) is 0 Å². The molecule has 0 saturated carbocycles. The summed E-state index contributed by atoms with van der Waals surface area (Å²) < 4.78 is 5.70. The molecule has 0 fully saturated rings. The Bertz CT molecular complexity index is 539. The highest BCUT2D eigenvalue weighted by Gasteiger charge is 2.11. The maximum absolute atomic E-state index is 11.7. The van der Waals surface area contributed by atoms with Crippen LogP contribution in [0.1, 0.15) is 28.6 Å². The normalized spacial score (nSPS) is 12.1. The van der Waals surface area contributed by atoms with E-state index in [-0.39, 0.29) is 11.9 Å². The van der Waals surface area contributed by atoms with Gasteiger partial charge in [0.15, 0.2) is 10.4 Å². The van der Waals surface area contributed by atoms with E-state index in [1.54, 1.807) is 12.1 Å². The average molecular weight is 323 g/mol. The van der Waals surface area contributed by atoms with E-state index in [9.17, 15) is 4.79 Å². The predicted molar refractivity (Wildman–Crippen MR) is 76.7 cm³/mol. The zero-order valence-corrected chi connectivity index (χ0v) is 11.9. The van der Waals surface area contributed by atoms with Gasteiger partial charge in [-0.15, -0.1) is 0 Å². The van der Waals surface area contributed by atoms with Crippen molar-refractivity contribution in [2.75, 3.05) is 6.54 Å². The first kappa shape index (κ1) is 13.8. The number of rotatable bonds is 5. The Kier molecular flexibility index (Phi) is 4.76. The number of nitrogens with two attached hydrogens (primary N) is 1. The maximum Gasteiger partial charge on any atom is 0.287 e. The summed E-state index contributed by atoms with van der Waals surface area (Å²) in [6.07, 6.45) is 0.678. The Hall–Kier alpha value is -1.59. The quantitative estimate of drug-likeness (QED) is 0.889. The van der Waals surface area contributed by atoms with Crippen LogP contribution < -0.4 is 11.1 Å². The number of hydrogen-bond acceptors (Lipinski definition) is 3. The van der Waals surface area contributed by atoms with E-state index in [1.807, 2.05) is 30.3 Å². The molecular weight excluding hydrogens is 308 g/mol. The molecule has 0 bridgehead atoms. The van der Waals surface area contributed by atoms with E-state index in [1.165, 1.54) is 0 Å². The van der Waals surface area contributed by atoms with Gasteiger partial charge in [-0.1, -0.05) is 30.3 Å². The van der Waals surface area contributed by atoms with E-state index >= 15 is 0 Å². The number of carbonyl (C=O) groups is 1. The van der Waals surface area contributed by atoms with Crippen LogP contribution in [0.3, 0.4) is 0 Å². The molecule has 100 valence electrons. The number of furan rings is 1. The maximum atomic E-state index is 11.7. The standard InChI is InChI=1S/C14H15BrN2O2/c15-13-7-6-12(19-13)14(18)17-9-8-11(16)10-4-2-1-3-5-10/h1-7,11H,8-9,16H2,(H,17,18). The molecule has 0 radical (unpaired) electrons. The number of amides is 1. The Morgan fingerprint density at radius 1 is 1.26 bits per heavy atom. The number of nitrogens with one attached hydrogen (secondary N) is 1. The molecule has 2 aromatic rings. The fourth-order valence-electron chi connectivity index (χ4n) is 1.73. The minimum atomic E-state index is -0.231.